The number of likely N-dealkylation sites (N-methyl/N-ethyl adjacent to an activating group) is 1. The number of nitrogens with zero attached hydrogens (tertiary/aromatic N) is 6. The molecule has 5 heterocycles. The zero-order chi connectivity index (χ0) is 23.9. The summed E-state index contributed by atoms with van der Waals surface area (Å²) in [6.07, 6.45) is 6.22. The van der Waals surface area contributed by atoms with Crippen LogP contribution in [0, 0.1) is 0 Å². The molecule has 1 saturated heterocycles. The van der Waals surface area contributed by atoms with E-state index in [1.807, 2.05) is 18.2 Å². The van der Waals surface area contributed by atoms with Crippen molar-refractivity contribution in [1.82, 2.24) is 24.5 Å². The van der Waals surface area contributed by atoms with Gasteiger partial charge in [0, 0.05) is 37.7 Å². The molecule has 0 N–H and O–H groups in total. The number of fused-ring (bicyclic) bond motifs is 2. The highest BCUT2D eigenvalue weighted by Crippen LogP contribution is 2.34. The number of anilines is 1. The molecule has 10 nitrogen and oxygen atoms in total. The Morgan fingerprint density at radius 3 is 2.85 bits per heavy atom. The van der Waals surface area contributed by atoms with Gasteiger partial charge in [-0.25, -0.2) is 22.9 Å². The van der Waals surface area contributed by atoms with Gasteiger partial charge in [0.05, 0.1) is 23.9 Å². The van der Waals surface area contributed by atoms with Gasteiger partial charge in [0.2, 0.25) is 5.88 Å². The number of aromatic nitrogens is 4. The third-order valence-corrected chi connectivity index (χ3v) is 7.15. The molecule has 180 valence electrons. The number of ether oxygens (including phenoxy) is 1. The number of hydrogen-bond donors (Lipinski definition) is 0. The number of rotatable bonds is 8. The molecule has 1 aliphatic heterocycles. The van der Waals surface area contributed by atoms with E-state index in [-0.39, 0.29) is 12.4 Å². The van der Waals surface area contributed by atoms with Crippen LogP contribution in [0.4, 0.5) is 5.82 Å². The van der Waals surface area contributed by atoms with E-state index in [1.54, 1.807) is 23.0 Å². The average molecular weight is 485 g/mol. The maximum atomic E-state index is 11.3. The summed E-state index contributed by atoms with van der Waals surface area (Å²) in [5, 5.41) is 5.49. The molecule has 0 radical (unpaired) electrons. The first-order chi connectivity index (χ1) is 16.3. The van der Waals surface area contributed by atoms with Gasteiger partial charge in [-0.3, -0.25) is 0 Å². The van der Waals surface area contributed by atoms with Crippen LogP contribution in [0.3, 0.4) is 0 Å². The summed E-state index contributed by atoms with van der Waals surface area (Å²) in [6.45, 7) is 2.14. The number of sulfone groups is 1. The molecule has 1 unspecified atom stereocenters. The van der Waals surface area contributed by atoms with Crippen LogP contribution in [0.15, 0.2) is 41.1 Å². The second kappa shape index (κ2) is 8.88. The average Bonchev–Trinajstić information content (AvgIpc) is 3.53. The molecular formula is C23H28N6O4S. The van der Waals surface area contributed by atoms with E-state index in [2.05, 4.69) is 39.0 Å². The van der Waals surface area contributed by atoms with E-state index in [0.717, 1.165) is 36.3 Å². The second-order valence-electron chi connectivity index (χ2n) is 8.93. The van der Waals surface area contributed by atoms with Crippen LogP contribution in [-0.2, 0) is 9.84 Å². The van der Waals surface area contributed by atoms with Gasteiger partial charge >= 0.3 is 0 Å². The topological polar surface area (TPSA) is 106 Å². The molecule has 5 rings (SSSR count). The highest BCUT2D eigenvalue weighted by Gasteiger charge is 2.27. The Morgan fingerprint density at radius 2 is 2.09 bits per heavy atom. The fourth-order valence-electron chi connectivity index (χ4n) is 4.28. The molecule has 0 aromatic carbocycles. The van der Waals surface area contributed by atoms with E-state index in [0.29, 0.717) is 35.4 Å². The van der Waals surface area contributed by atoms with Crippen LogP contribution in [0.5, 0.6) is 5.88 Å². The molecule has 1 aliphatic rings. The molecule has 0 spiro atoms. The van der Waals surface area contributed by atoms with Gasteiger partial charge in [-0.05, 0) is 45.1 Å². The summed E-state index contributed by atoms with van der Waals surface area (Å²) < 4.78 is 36.1. The van der Waals surface area contributed by atoms with Crippen molar-refractivity contribution in [3.05, 3.63) is 36.7 Å². The van der Waals surface area contributed by atoms with Crippen molar-refractivity contribution in [3.8, 4) is 17.3 Å². The molecule has 4 aromatic rings. The van der Waals surface area contributed by atoms with Crippen molar-refractivity contribution < 1.29 is 17.6 Å². The zero-order valence-electron chi connectivity index (χ0n) is 19.5. The molecule has 4 aromatic heterocycles. The van der Waals surface area contributed by atoms with Gasteiger partial charge < -0.3 is 19.0 Å². The molecule has 0 bridgehead atoms. The SMILES string of the molecule is CN(C)C1CCN(c2nccc3oc(-c4cnc5ccc(OCCCS(C)(=O)=O)nn45)cc23)C1. The summed E-state index contributed by atoms with van der Waals surface area (Å²) in [5.74, 6) is 2.04. The Balaban J connectivity index is 1.42. The Kier molecular flexibility index (Phi) is 5.90. The lowest BCUT2D eigenvalue weighted by Gasteiger charge is -2.21. The predicted molar refractivity (Wildman–Crippen MR) is 130 cm³/mol. The standard InChI is InChI=1S/C23H28N6O4S/c1-27(2)16-8-10-28(15-16)23-17-13-20(33-19(17)7-9-24-23)18-14-25-21-5-6-22(26-29(18)21)32-11-4-12-34(3,30)31/h5-7,9,13-14,16H,4,8,10-12,15H2,1-3H3. The van der Waals surface area contributed by atoms with Crippen molar-refractivity contribution in [3.63, 3.8) is 0 Å². The number of furan rings is 1. The summed E-state index contributed by atoms with van der Waals surface area (Å²) in [4.78, 5) is 13.7. The molecule has 0 amide bonds. The van der Waals surface area contributed by atoms with E-state index < -0.39 is 9.84 Å². The molecule has 0 saturated carbocycles. The largest absolute Gasteiger partial charge is 0.477 e. The van der Waals surface area contributed by atoms with Crippen molar-refractivity contribution in [1.29, 1.82) is 0 Å². The first-order valence-corrected chi connectivity index (χ1v) is 13.3. The molecule has 1 fully saturated rings. The summed E-state index contributed by atoms with van der Waals surface area (Å²) in [6, 6.07) is 7.90. The van der Waals surface area contributed by atoms with Crippen LogP contribution in [0.1, 0.15) is 12.8 Å². The third kappa shape index (κ3) is 4.58. The predicted octanol–water partition coefficient (Wildman–Crippen LogP) is 2.49. The van der Waals surface area contributed by atoms with Crippen molar-refractivity contribution in [2.24, 2.45) is 0 Å². The third-order valence-electron chi connectivity index (χ3n) is 6.12. The van der Waals surface area contributed by atoms with Crippen LogP contribution < -0.4 is 9.64 Å². The minimum Gasteiger partial charge on any atom is -0.477 e. The van der Waals surface area contributed by atoms with Crippen LogP contribution in [0.2, 0.25) is 0 Å². The van der Waals surface area contributed by atoms with Gasteiger partial charge in [-0.15, -0.1) is 5.10 Å². The van der Waals surface area contributed by atoms with Gasteiger partial charge in [0.25, 0.3) is 0 Å². The smallest absolute Gasteiger partial charge is 0.231 e. The minimum absolute atomic E-state index is 0.0766. The van der Waals surface area contributed by atoms with Gasteiger partial charge in [0.1, 0.15) is 26.9 Å². The first-order valence-electron chi connectivity index (χ1n) is 11.2. The molecule has 0 aliphatic carbocycles. The van der Waals surface area contributed by atoms with Crippen LogP contribution >= 0.6 is 0 Å². The maximum Gasteiger partial charge on any atom is 0.231 e. The fourth-order valence-corrected chi connectivity index (χ4v) is 4.92. The van der Waals surface area contributed by atoms with Gasteiger partial charge in [-0.2, -0.15) is 0 Å². The van der Waals surface area contributed by atoms with Crippen LogP contribution in [-0.4, -0.2) is 84.7 Å². The number of imidazole rings is 1. The van der Waals surface area contributed by atoms with Crippen molar-refractivity contribution in [2.45, 2.75) is 18.9 Å². The van der Waals surface area contributed by atoms with Crippen molar-refractivity contribution >= 4 is 32.3 Å². The summed E-state index contributed by atoms with van der Waals surface area (Å²) in [5.41, 5.74) is 2.12. The Hall–Kier alpha value is -3.18. The van der Waals surface area contributed by atoms with Gasteiger partial charge in [-0.1, -0.05) is 0 Å². The molecule has 34 heavy (non-hydrogen) atoms. The lowest BCUT2D eigenvalue weighted by Crippen LogP contribution is -2.31. The maximum absolute atomic E-state index is 11.3. The molecule has 11 heteroatoms. The fraction of sp³-hybridized carbons (Fsp3) is 0.435. The van der Waals surface area contributed by atoms with Crippen molar-refractivity contribution in [2.75, 3.05) is 50.7 Å². The van der Waals surface area contributed by atoms with E-state index in [9.17, 15) is 8.42 Å². The Labute approximate surface area is 198 Å². The number of pyridine rings is 1. The highest BCUT2D eigenvalue weighted by atomic mass is 32.2. The van der Waals surface area contributed by atoms with Gasteiger partial charge in [0.15, 0.2) is 11.4 Å². The lowest BCUT2D eigenvalue weighted by atomic mass is 10.2. The second-order valence-corrected chi connectivity index (χ2v) is 11.2. The van der Waals surface area contributed by atoms with E-state index >= 15 is 0 Å². The first kappa shape index (κ1) is 22.6. The summed E-state index contributed by atoms with van der Waals surface area (Å²) in [7, 11) is 1.21. The van der Waals surface area contributed by atoms with E-state index in [1.165, 1.54) is 6.26 Å². The van der Waals surface area contributed by atoms with E-state index in [4.69, 9.17) is 9.15 Å². The normalized spacial score (nSPS) is 16.8. The lowest BCUT2D eigenvalue weighted by molar-refractivity contribution is 0.301. The summed E-state index contributed by atoms with van der Waals surface area (Å²) >= 11 is 0. The monoisotopic (exact) mass is 484 g/mol. The zero-order valence-corrected chi connectivity index (χ0v) is 20.3. The van der Waals surface area contributed by atoms with Crippen LogP contribution in [0.25, 0.3) is 28.1 Å². The highest BCUT2D eigenvalue weighted by molar-refractivity contribution is 7.90. The quantitative estimate of drug-likeness (QED) is 0.349. The number of hydrogen-bond acceptors (Lipinski definition) is 9. The molecule has 1 atom stereocenters. The Bertz CT molecular complexity index is 1430. The minimum atomic E-state index is -3.02. The Morgan fingerprint density at radius 1 is 1.24 bits per heavy atom. The molecular weight excluding hydrogens is 456 g/mol.